The van der Waals surface area contributed by atoms with E-state index < -0.39 is 0 Å². The zero-order valence-corrected chi connectivity index (χ0v) is 13.4. The van der Waals surface area contributed by atoms with Gasteiger partial charge in [-0.15, -0.1) is 0 Å². The number of nitrogens with zero attached hydrogens (tertiary/aromatic N) is 1. The lowest BCUT2D eigenvalue weighted by Gasteiger charge is -2.45. The van der Waals surface area contributed by atoms with Crippen molar-refractivity contribution in [1.29, 1.82) is 0 Å². The van der Waals surface area contributed by atoms with E-state index in [4.69, 9.17) is 5.73 Å². The molecule has 4 atom stereocenters. The molecule has 2 heteroatoms. The average molecular weight is 286 g/mol. The highest BCUT2D eigenvalue weighted by atomic mass is 15.2. The summed E-state index contributed by atoms with van der Waals surface area (Å²) in [6.07, 6.45) is 6.83. The van der Waals surface area contributed by atoms with E-state index >= 15 is 0 Å². The molecule has 116 valence electrons. The van der Waals surface area contributed by atoms with Crippen molar-refractivity contribution in [2.75, 3.05) is 19.6 Å². The molecule has 21 heavy (non-hydrogen) atoms. The average Bonchev–Trinajstić information content (AvgIpc) is 2.56. The van der Waals surface area contributed by atoms with E-state index in [9.17, 15) is 0 Å². The Morgan fingerprint density at radius 3 is 2.62 bits per heavy atom. The van der Waals surface area contributed by atoms with Crippen molar-refractivity contribution >= 4 is 0 Å². The third-order valence-corrected chi connectivity index (χ3v) is 5.87. The van der Waals surface area contributed by atoms with Crippen LogP contribution in [0.4, 0.5) is 0 Å². The van der Waals surface area contributed by atoms with Crippen molar-refractivity contribution in [3.63, 3.8) is 0 Å². The molecule has 3 rings (SSSR count). The summed E-state index contributed by atoms with van der Waals surface area (Å²) < 4.78 is 0. The van der Waals surface area contributed by atoms with Crippen LogP contribution in [-0.2, 0) is 0 Å². The minimum absolute atomic E-state index is 0.692. The van der Waals surface area contributed by atoms with Gasteiger partial charge < -0.3 is 5.73 Å². The highest BCUT2D eigenvalue weighted by molar-refractivity contribution is 5.22. The molecule has 1 aliphatic heterocycles. The Kier molecular flexibility index (Phi) is 4.97. The monoisotopic (exact) mass is 286 g/mol. The molecule has 0 bridgehead atoms. The van der Waals surface area contributed by atoms with Crippen LogP contribution < -0.4 is 5.73 Å². The Balaban J connectivity index is 1.75. The Morgan fingerprint density at radius 2 is 1.86 bits per heavy atom. The molecule has 1 saturated heterocycles. The first-order valence-electron chi connectivity index (χ1n) is 8.78. The van der Waals surface area contributed by atoms with E-state index in [0.29, 0.717) is 5.92 Å². The van der Waals surface area contributed by atoms with Gasteiger partial charge in [0.1, 0.15) is 0 Å². The molecule has 1 saturated carbocycles. The fourth-order valence-corrected chi connectivity index (χ4v) is 4.42. The molecule has 0 radical (unpaired) electrons. The number of likely N-dealkylation sites (tertiary alicyclic amines) is 1. The summed E-state index contributed by atoms with van der Waals surface area (Å²) in [6, 6.07) is 11.9. The van der Waals surface area contributed by atoms with E-state index in [2.05, 4.69) is 42.2 Å². The van der Waals surface area contributed by atoms with E-state index in [1.807, 2.05) is 0 Å². The van der Waals surface area contributed by atoms with Crippen LogP contribution in [-0.4, -0.2) is 30.6 Å². The Morgan fingerprint density at radius 1 is 1.10 bits per heavy atom. The van der Waals surface area contributed by atoms with Crippen LogP contribution in [0.15, 0.2) is 30.3 Å². The highest BCUT2D eigenvalue weighted by Crippen LogP contribution is 2.38. The zero-order valence-electron chi connectivity index (χ0n) is 13.4. The molecule has 4 unspecified atom stereocenters. The molecule has 0 aromatic heterocycles. The summed E-state index contributed by atoms with van der Waals surface area (Å²) in [7, 11) is 0. The second-order valence-electron chi connectivity index (χ2n) is 7.13. The smallest absolute Gasteiger partial charge is 0.0164 e. The number of hydrogen-bond acceptors (Lipinski definition) is 2. The first-order valence-corrected chi connectivity index (χ1v) is 8.78. The SMILES string of the molecule is CC1CCN(C2CCCCC2c2ccccc2)CC1CN. The van der Waals surface area contributed by atoms with Gasteiger partial charge in [-0.05, 0) is 55.7 Å². The lowest BCUT2D eigenvalue weighted by atomic mass is 9.77. The van der Waals surface area contributed by atoms with E-state index in [1.165, 1.54) is 45.2 Å². The van der Waals surface area contributed by atoms with Crippen LogP contribution in [0.3, 0.4) is 0 Å². The highest BCUT2D eigenvalue weighted by Gasteiger charge is 2.35. The molecule has 2 fully saturated rings. The number of piperidine rings is 1. The Labute approximate surface area is 129 Å². The van der Waals surface area contributed by atoms with Crippen LogP contribution in [0.1, 0.15) is 50.5 Å². The zero-order chi connectivity index (χ0) is 14.7. The summed E-state index contributed by atoms with van der Waals surface area (Å²) in [4.78, 5) is 2.77. The first kappa shape index (κ1) is 15.1. The molecule has 1 aromatic carbocycles. The van der Waals surface area contributed by atoms with Gasteiger partial charge in [0.2, 0.25) is 0 Å². The summed E-state index contributed by atoms with van der Waals surface area (Å²) in [5, 5.41) is 0. The van der Waals surface area contributed by atoms with Crippen molar-refractivity contribution in [1.82, 2.24) is 4.90 Å². The standard InChI is InChI=1S/C19H30N2/c1-15-11-12-21(14-17(15)13-20)19-10-6-5-9-18(19)16-7-3-2-4-8-16/h2-4,7-8,15,17-19H,5-6,9-14,20H2,1H3. The number of rotatable bonds is 3. The van der Waals surface area contributed by atoms with E-state index in [0.717, 1.165) is 24.4 Å². The molecule has 0 spiro atoms. The van der Waals surface area contributed by atoms with E-state index in [-0.39, 0.29) is 0 Å². The second kappa shape index (κ2) is 6.93. The van der Waals surface area contributed by atoms with Crippen molar-refractivity contribution in [2.24, 2.45) is 17.6 Å². The second-order valence-corrected chi connectivity index (χ2v) is 7.13. The molecular weight excluding hydrogens is 256 g/mol. The van der Waals surface area contributed by atoms with Gasteiger partial charge in [0, 0.05) is 12.6 Å². The maximum atomic E-state index is 6.00. The molecule has 1 heterocycles. The fraction of sp³-hybridized carbons (Fsp3) is 0.684. The molecule has 2 N–H and O–H groups in total. The van der Waals surface area contributed by atoms with Gasteiger partial charge in [-0.25, -0.2) is 0 Å². The summed E-state index contributed by atoms with van der Waals surface area (Å²) in [5.41, 5.74) is 7.55. The Bertz CT molecular complexity index is 430. The van der Waals surface area contributed by atoms with Gasteiger partial charge in [-0.1, -0.05) is 50.1 Å². The number of hydrogen-bond donors (Lipinski definition) is 1. The van der Waals surface area contributed by atoms with Crippen LogP contribution >= 0.6 is 0 Å². The summed E-state index contributed by atoms with van der Waals surface area (Å²) in [5.74, 6) is 2.22. The third kappa shape index (κ3) is 3.32. The predicted molar refractivity (Wildman–Crippen MR) is 89.3 cm³/mol. The van der Waals surface area contributed by atoms with Gasteiger partial charge >= 0.3 is 0 Å². The van der Waals surface area contributed by atoms with Crippen molar-refractivity contribution in [2.45, 2.75) is 51.0 Å². The van der Waals surface area contributed by atoms with Gasteiger partial charge in [-0.3, -0.25) is 4.90 Å². The summed E-state index contributed by atoms with van der Waals surface area (Å²) >= 11 is 0. The van der Waals surface area contributed by atoms with Crippen molar-refractivity contribution in [3.05, 3.63) is 35.9 Å². The quantitative estimate of drug-likeness (QED) is 0.919. The normalized spacial score (nSPS) is 34.8. The molecule has 0 amide bonds. The van der Waals surface area contributed by atoms with Crippen LogP contribution in [0.2, 0.25) is 0 Å². The van der Waals surface area contributed by atoms with Gasteiger partial charge in [0.25, 0.3) is 0 Å². The van der Waals surface area contributed by atoms with E-state index in [1.54, 1.807) is 5.56 Å². The summed E-state index contributed by atoms with van der Waals surface area (Å²) in [6.45, 7) is 5.71. The molecule has 2 nitrogen and oxygen atoms in total. The molecule has 1 aliphatic carbocycles. The maximum Gasteiger partial charge on any atom is 0.0164 e. The number of benzene rings is 1. The molecule has 2 aliphatic rings. The first-order chi connectivity index (χ1) is 10.3. The predicted octanol–water partition coefficient (Wildman–Crippen LogP) is 3.63. The van der Waals surface area contributed by atoms with Gasteiger partial charge in [-0.2, -0.15) is 0 Å². The minimum Gasteiger partial charge on any atom is -0.330 e. The topological polar surface area (TPSA) is 29.3 Å². The van der Waals surface area contributed by atoms with Crippen molar-refractivity contribution < 1.29 is 0 Å². The third-order valence-electron chi connectivity index (χ3n) is 5.87. The fourth-order valence-electron chi connectivity index (χ4n) is 4.42. The number of nitrogens with two attached hydrogens (primary N) is 1. The van der Waals surface area contributed by atoms with Crippen LogP contribution in [0.25, 0.3) is 0 Å². The maximum absolute atomic E-state index is 6.00. The van der Waals surface area contributed by atoms with Crippen molar-refractivity contribution in [3.8, 4) is 0 Å². The van der Waals surface area contributed by atoms with Gasteiger partial charge in [0.05, 0.1) is 0 Å². The molecule has 1 aromatic rings. The lowest BCUT2D eigenvalue weighted by Crippen LogP contribution is -2.50. The van der Waals surface area contributed by atoms with Crippen LogP contribution in [0.5, 0.6) is 0 Å². The Hall–Kier alpha value is -0.860. The largest absolute Gasteiger partial charge is 0.330 e. The van der Waals surface area contributed by atoms with Gasteiger partial charge in [0.15, 0.2) is 0 Å². The lowest BCUT2D eigenvalue weighted by molar-refractivity contribution is 0.0617. The molecular formula is C19H30N2. The minimum atomic E-state index is 0.692. The van der Waals surface area contributed by atoms with Crippen LogP contribution in [0, 0.1) is 11.8 Å².